The van der Waals surface area contributed by atoms with Gasteiger partial charge < -0.3 is 9.84 Å². The molecule has 0 saturated carbocycles. The largest absolute Gasteiger partial charge is 0.417 e. The molecule has 5 aromatic rings. The summed E-state index contributed by atoms with van der Waals surface area (Å²) in [6, 6.07) is 6.44. The third-order valence-electron chi connectivity index (χ3n) is 4.80. The van der Waals surface area contributed by atoms with E-state index < -0.39 is 11.7 Å². The maximum absolute atomic E-state index is 13.0. The molecule has 10 heteroatoms. The second-order valence-electron chi connectivity index (χ2n) is 7.03. The van der Waals surface area contributed by atoms with Crippen molar-refractivity contribution in [2.45, 2.75) is 13.1 Å². The van der Waals surface area contributed by atoms with Gasteiger partial charge in [-0.2, -0.15) is 18.3 Å². The van der Waals surface area contributed by atoms with Crippen LogP contribution in [0.4, 0.5) is 24.7 Å². The molecule has 0 saturated heterocycles. The summed E-state index contributed by atoms with van der Waals surface area (Å²) in [7, 11) is 0. The standard InChI is InChI=1S/C22H13F3N6O/c1-12-2-4-18-19(17(12)5-3-13-6-14-9-28-30-20(14)27-8-13)32-31-21(18)29-16-7-15(10-26-11-16)22(23,24)25/h2,4,6-11H,1H3,(H,29,31)(H,27,28,30). The Morgan fingerprint density at radius 3 is 2.78 bits per heavy atom. The van der Waals surface area contributed by atoms with Crippen LogP contribution in [-0.4, -0.2) is 25.3 Å². The molecule has 4 aromatic heterocycles. The summed E-state index contributed by atoms with van der Waals surface area (Å²) in [5.41, 5.74) is 2.57. The molecule has 1 aromatic carbocycles. The van der Waals surface area contributed by atoms with E-state index >= 15 is 0 Å². The van der Waals surface area contributed by atoms with Crippen molar-refractivity contribution in [3.05, 3.63) is 71.3 Å². The Balaban J connectivity index is 1.51. The van der Waals surface area contributed by atoms with Gasteiger partial charge in [0, 0.05) is 23.3 Å². The third kappa shape index (κ3) is 3.60. The maximum Gasteiger partial charge on any atom is 0.417 e. The van der Waals surface area contributed by atoms with E-state index in [1.807, 2.05) is 19.1 Å². The molecular weight excluding hydrogens is 421 g/mol. The van der Waals surface area contributed by atoms with Gasteiger partial charge in [0.25, 0.3) is 0 Å². The van der Waals surface area contributed by atoms with Crippen LogP contribution >= 0.6 is 0 Å². The molecule has 0 fully saturated rings. The number of hydrogen-bond acceptors (Lipinski definition) is 6. The Morgan fingerprint density at radius 1 is 1.06 bits per heavy atom. The van der Waals surface area contributed by atoms with E-state index in [-0.39, 0.29) is 11.5 Å². The van der Waals surface area contributed by atoms with Gasteiger partial charge in [0.05, 0.1) is 34.6 Å². The van der Waals surface area contributed by atoms with Crippen LogP contribution in [0.1, 0.15) is 22.3 Å². The van der Waals surface area contributed by atoms with Gasteiger partial charge in [-0.25, -0.2) is 4.98 Å². The Bertz CT molecular complexity index is 1520. The quantitative estimate of drug-likeness (QED) is 0.382. The summed E-state index contributed by atoms with van der Waals surface area (Å²) >= 11 is 0. The van der Waals surface area contributed by atoms with Crippen LogP contribution in [0.25, 0.3) is 22.0 Å². The smallest absolute Gasteiger partial charge is 0.353 e. The molecule has 7 nitrogen and oxygen atoms in total. The minimum absolute atomic E-state index is 0.141. The van der Waals surface area contributed by atoms with Crippen molar-refractivity contribution in [2.24, 2.45) is 0 Å². The molecule has 158 valence electrons. The number of hydrogen-bond donors (Lipinski definition) is 2. The number of aromatic nitrogens is 5. The van der Waals surface area contributed by atoms with Crippen LogP contribution in [0.5, 0.6) is 0 Å². The Labute approximate surface area is 178 Å². The number of H-pyrrole nitrogens is 1. The number of nitrogens with one attached hydrogen (secondary N) is 2. The van der Waals surface area contributed by atoms with Crippen molar-refractivity contribution in [1.29, 1.82) is 0 Å². The van der Waals surface area contributed by atoms with Crippen LogP contribution in [0.15, 0.2) is 53.6 Å². The number of aryl methyl sites for hydroxylation is 1. The van der Waals surface area contributed by atoms with Gasteiger partial charge in [-0.05, 0) is 30.7 Å². The van der Waals surface area contributed by atoms with Crippen LogP contribution in [0.2, 0.25) is 0 Å². The molecular formula is C22H13F3N6O. The predicted molar refractivity (Wildman–Crippen MR) is 111 cm³/mol. The second kappa shape index (κ2) is 7.39. The molecule has 4 heterocycles. The topological polar surface area (TPSA) is 92.5 Å². The number of rotatable bonds is 2. The molecule has 2 N–H and O–H groups in total. The zero-order valence-corrected chi connectivity index (χ0v) is 16.4. The van der Waals surface area contributed by atoms with Gasteiger partial charge in [0.1, 0.15) is 0 Å². The number of pyridine rings is 2. The molecule has 5 rings (SSSR count). The van der Waals surface area contributed by atoms with Crippen LogP contribution in [0, 0.1) is 18.8 Å². The first-order chi connectivity index (χ1) is 15.4. The van der Waals surface area contributed by atoms with Gasteiger partial charge in [0.2, 0.25) is 0 Å². The summed E-state index contributed by atoms with van der Waals surface area (Å²) in [4.78, 5) is 7.91. The lowest BCUT2D eigenvalue weighted by Crippen LogP contribution is -2.06. The highest BCUT2D eigenvalue weighted by atomic mass is 19.4. The molecule has 0 aliphatic carbocycles. The number of halogens is 3. The minimum atomic E-state index is -4.50. The van der Waals surface area contributed by atoms with E-state index in [9.17, 15) is 13.2 Å². The zero-order valence-electron chi connectivity index (χ0n) is 16.4. The lowest BCUT2D eigenvalue weighted by molar-refractivity contribution is -0.137. The number of benzene rings is 1. The van der Waals surface area contributed by atoms with Gasteiger partial charge in [0.15, 0.2) is 17.0 Å². The third-order valence-corrected chi connectivity index (χ3v) is 4.80. The average molecular weight is 434 g/mol. The van der Waals surface area contributed by atoms with Gasteiger partial charge >= 0.3 is 6.18 Å². The highest BCUT2D eigenvalue weighted by molar-refractivity contribution is 5.94. The van der Waals surface area contributed by atoms with Crippen LogP contribution < -0.4 is 5.32 Å². The molecule has 0 unspecified atom stereocenters. The van der Waals surface area contributed by atoms with Crippen LogP contribution in [0.3, 0.4) is 0 Å². The lowest BCUT2D eigenvalue weighted by Gasteiger charge is -2.08. The SMILES string of the molecule is Cc1ccc2c(Nc3cncc(C(F)(F)F)c3)noc2c1C#Cc1cnc2[nH]ncc2c1. The van der Waals surface area contributed by atoms with Crippen molar-refractivity contribution in [1.82, 2.24) is 25.3 Å². The summed E-state index contributed by atoms with van der Waals surface area (Å²) in [5, 5.41) is 15.0. The fraction of sp³-hybridized carbons (Fsp3) is 0.0909. The predicted octanol–water partition coefficient (Wildman–Crippen LogP) is 4.96. The van der Waals surface area contributed by atoms with Gasteiger partial charge in [-0.1, -0.05) is 23.1 Å². The number of nitrogens with zero attached hydrogens (tertiary/aromatic N) is 4. The number of alkyl halides is 3. The molecule has 0 aliphatic heterocycles. The molecule has 0 amide bonds. The number of aromatic amines is 1. The highest BCUT2D eigenvalue weighted by Crippen LogP contribution is 2.33. The van der Waals surface area contributed by atoms with E-state index in [2.05, 4.69) is 42.5 Å². The molecule has 0 spiro atoms. The first-order valence-corrected chi connectivity index (χ1v) is 9.38. The lowest BCUT2D eigenvalue weighted by atomic mass is 10.1. The summed E-state index contributed by atoms with van der Waals surface area (Å²) < 4.78 is 44.4. The Hall–Kier alpha value is -4.39. The first kappa shape index (κ1) is 19.6. The summed E-state index contributed by atoms with van der Waals surface area (Å²) in [5.74, 6) is 6.42. The van der Waals surface area contributed by atoms with Crippen molar-refractivity contribution in [3.63, 3.8) is 0 Å². The molecule has 0 aliphatic rings. The van der Waals surface area contributed by atoms with E-state index in [1.54, 1.807) is 18.5 Å². The van der Waals surface area contributed by atoms with Crippen LogP contribution in [-0.2, 0) is 6.18 Å². The van der Waals surface area contributed by atoms with Crippen molar-refractivity contribution >= 4 is 33.5 Å². The van der Waals surface area contributed by atoms with Crippen molar-refractivity contribution in [2.75, 3.05) is 5.32 Å². The first-order valence-electron chi connectivity index (χ1n) is 9.38. The molecule has 0 bridgehead atoms. The normalized spacial score (nSPS) is 11.5. The maximum atomic E-state index is 13.0. The summed E-state index contributed by atoms with van der Waals surface area (Å²) in [6.07, 6.45) is 0.848. The molecule has 0 radical (unpaired) electrons. The second-order valence-corrected chi connectivity index (χ2v) is 7.03. The summed E-state index contributed by atoms with van der Waals surface area (Å²) in [6.45, 7) is 1.88. The van der Waals surface area contributed by atoms with Crippen molar-refractivity contribution < 1.29 is 17.7 Å². The van der Waals surface area contributed by atoms with Crippen molar-refractivity contribution in [3.8, 4) is 11.8 Å². The Kier molecular flexibility index (Phi) is 4.52. The minimum Gasteiger partial charge on any atom is -0.353 e. The van der Waals surface area contributed by atoms with Gasteiger partial charge in [-0.3, -0.25) is 10.1 Å². The monoisotopic (exact) mass is 434 g/mol. The van der Waals surface area contributed by atoms with Gasteiger partial charge in [-0.15, -0.1) is 0 Å². The Morgan fingerprint density at radius 2 is 1.94 bits per heavy atom. The number of anilines is 2. The molecule has 0 atom stereocenters. The fourth-order valence-corrected chi connectivity index (χ4v) is 3.19. The average Bonchev–Trinajstić information content (AvgIpc) is 3.39. The van der Waals surface area contributed by atoms with E-state index in [0.717, 1.165) is 23.2 Å². The van der Waals surface area contributed by atoms with E-state index in [4.69, 9.17) is 4.52 Å². The van der Waals surface area contributed by atoms with E-state index in [0.29, 0.717) is 27.7 Å². The fourth-order valence-electron chi connectivity index (χ4n) is 3.19. The number of fused-ring (bicyclic) bond motifs is 2. The highest BCUT2D eigenvalue weighted by Gasteiger charge is 2.31. The van der Waals surface area contributed by atoms with E-state index in [1.165, 1.54) is 6.20 Å². The zero-order chi connectivity index (χ0) is 22.3. The molecule has 32 heavy (non-hydrogen) atoms.